The second kappa shape index (κ2) is 4.98. The third kappa shape index (κ3) is 1.88. The molecule has 2 unspecified atom stereocenters. The standard InChI is InChI=1S/C22H28/c1-2-5-17(6-3-1)18-9-11-21-19(14-18)7-4-12-22(21)15-16-8-10-20(22)13-16/h8-9,11,14,17,20H,1-7,10,12-13,15H2. The Balaban J connectivity index is 1.52. The van der Waals surface area contributed by atoms with Gasteiger partial charge in [0.15, 0.2) is 0 Å². The highest BCUT2D eigenvalue weighted by Gasteiger charge is 2.49. The van der Waals surface area contributed by atoms with Crippen LogP contribution in [0.5, 0.6) is 0 Å². The Labute approximate surface area is 135 Å². The fourth-order valence-corrected chi connectivity index (χ4v) is 6.24. The molecule has 2 atom stereocenters. The molecule has 0 N–H and O–H groups in total. The lowest BCUT2D eigenvalue weighted by molar-refractivity contribution is 0.269. The van der Waals surface area contributed by atoms with Gasteiger partial charge in [0, 0.05) is 5.41 Å². The van der Waals surface area contributed by atoms with Crippen LogP contribution in [0, 0.1) is 5.92 Å². The molecular formula is C22H28. The van der Waals surface area contributed by atoms with Gasteiger partial charge in [-0.25, -0.2) is 0 Å². The zero-order valence-electron chi connectivity index (χ0n) is 13.7. The summed E-state index contributed by atoms with van der Waals surface area (Å²) in [6.45, 7) is 0. The molecule has 0 heterocycles. The molecular weight excluding hydrogens is 264 g/mol. The minimum Gasteiger partial charge on any atom is -0.0850 e. The minimum absolute atomic E-state index is 0.544. The fourth-order valence-electron chi connectivity index (χ4n) is 6.24. The van der Waals surface area contributed by atoms with Gasteiger partial charge < -0.3 is 0 Å². The third-order valence-electron chi connectivity index (χ3n) is 7.33. The molecule has 116 valence electrons. The number of hydrogen-bond acceptors (Lipinski definition) is 0. The highest BCUT2D eigenvalue weighted by atomic mass is 14.5. The Kier molecular flexibility index (Phi) is 3.03. The second-order valence-corrected chi connectivity index (χ2v) is 8.44. The summed E-state index contributed by atoms with van der Waals surface area (Å²) in [5.41, 5.74) is 7.46. The van der Waals surface area contributed by atoms with E-state index in [0.717, 1.165) is 11.8 Å². The quantitative estimate of drug-likeness (QED) is 0.553. The fraction of sp³-hybridized carbons (Fsp3) is 0.636. The highest BCUT2D eigenvalue weighted by Crippen LogP contribution is 2.58. The molecule has 4 aliphatic carbocycles. The predicted molar refractivity (Wildman–Crippen MR) is 92.3 cm³/mol. The normalized spacial score (nSPS) is 34.0. The van der Waals surface area contributed by atoms with E-state index in [9.17, 15) is 0 Å². The van der Waals surface area contributed by atoms with Gasteiger partial charge in [0.2, 0.25) is 0 Å². The lowest BCUT2D eigenvalue weighted by Gasteiger charge is -2.42. The van der Waals surface area contributed by atoms with Crippen LogP contribution in [0.4, 0.5) is 0 Å². The molecule has 0 aliphatic heterocycles. The van der Waals surface area contributed by atoms with Gasteiger partial charge in [0.05, 0.1) is 0 Å². The van der Waals surface area contributed by atoms with E-state index < -0.39 is 0 Å². The van der Waals surface area contributed by atoms with Crippen molar-refractivity contribution < 1.29 is 0 Å². The van der Waals surface area contributed by atoms with Crippen LogP contribution >= 0.6 is 0 Å². The molecule has 0 nitrogen and oxygen atoms in total. The molecule has 0 amide bonds. The van der Waals surface area contributed by atoms with E-state index in [0.29, 0.717) is 5.41 Å². The first-order valence-corrected chi connectivity index (χ1v) is 9.66. The van der Waals surface area contributed by atoms with E-state index in [-0.39, 0.29) is 0 Å². The van der Waals surface area contributed by atoms with Gasteiger partial charge >= 0.3 is 0 Å². The van der Waals surface area contributed by atoms with Crippen molar-refractivity contribution in [2.24, 2.45) is 5.92 Å². The molecule has 0 aromatic heterocycles. The number of aryl methyl sites for hydroxylation is 1. The van der Waals surface area contributed by atoms with Crippen molar-refractivity contribution in [1.82, 2.24) is 0 Å². The maximum atomic E-state index is 2.63. The minimum atomic E-state index is 0.544. The van der Waals surface area contributed by atoms with Gasteiger partial charge in [-0.15, -0.1) is 0 Å². The van der Waals surface area contributed by atoms with Crippen molar-refractivity contribution in [3.05, 3.63) is 46.5 Å². The number of rotatable bonds is 1. The topological polar surface area (TPSA) is 0 Å². The molecule has 22 heavy (non-hydrogen) atoms. The van der Waals surface area contributed by atoms with Gasteiger partial charge in [0.1, 0.15) is 0 Å². The molecule has 2 fully saturated rings. The predicted octanol–water partition coefficient (Wildman–Crippen LogP) is 6.05. The van der Waals surface area contributed by atoms with Crippen LogP contribution in [0.1, 0.15) is 86.8 Å². The van der Waals surface area contributed by atoms with Gasteiger partial charge in [0.25, 0.3) is 0 Å². The van der Waals surface area contributed by atoms with Crippen LogP contribution in [-0.4, -0.2) is 0 Å². The summed E-state index contributed by atoms with van der Waals surface area (Å²) in [6.07, 6.45) is 18.1. The average Bonchev–Trinajstić information content (AvgIpc) is 3.17. The zero-order chi connectivity index (χ0) is 14.6. The number of hydrogen-bond donors (Lipinski definition) is 0. The van der Waals surface area contributed by atoms with E-state index in [1.165, 1.54) is 70.6 Å². The van der Waals surface area contributed by atoms with E-state index in [1.54, 1.807) is 22.3 Å². The molecule has 5 rings (SSSR count). The van der Waals surface area contributed by atoms with E-state index in [2.05, 4.69) is 24.3 Å². The van der Waals surface area contributed by atoms with Gasteiger partial charge in [-0.1, -0.05) is 49.1 Å². The SMILES string of the molecule is C1=C2CC(C1)C1(CCCc3cc(C4CCCCC4)ccc31)C2. The van der Waals surface area contributed by atoms with Crippen molar-refractivity contribution in [3.63, 3.8) is 0 Å². The van der Waals surface area contributed by atoms with Crippen molar-refractivity contribution >= 4 is 0 Å². The monoisotopic (exact) mass is 292 g/mol. The van der Waals surface area contributed by atoms with E-state index >= 15 is 0 Å². The van der Waals surface area contributed by atoms with Gasteiger partial charge in [-0.2, -0.15) is 0 Å². The number of benzene rings is 1. The molecule has 1 aromatic rings. The first-order valence-electron chi connectivity index (χ1n) is 9.66. The van der Waals surface area contributed by atoms with Crippen LogP contribution in [-0.2, 0) is 11.8 Å². The first-order chi connectivity index (χ1) is 10.9. The maximum absolute atomic E-state index is 2.63. The summed E-state index contributed by atoms with van der Waals surface area (Å²) in [7, 11) is 0. The molecule has 1 spiro atoms. The van der Waals surface area contributed by atoms with Crippen molar-refractivity contribution in [2.75, 3.05) is 0 Å². The molecule has 4 aliphatic rings. The number of fused-ring (bicyclic) bond motifs is 5. The maximum Gasteiger partial charge on any atom is 0.00272 e. The Morgan fingerprint density at radius 2 is 1.91 bits per heavy atom. The van der Waals surface area contributed by atoms with Gasteiger partial charge in [-0.3, -0.25) is 0 Å². The summed E-state index contributed by atoms with van der Waals surface area (Å²) in [6, 6.07) is 7.72. The molecule has 0 radical (unpaired) electrons. The second-order valence-electron chi connectivity index (χ2n) is 8.44. The molecule has 2 saturated carbocycles. The Morgan fingerprint density at radius 1 is 1.00 bits per heavy atom. The van der Waals surface area contributed by atoms with Crippen LogP contribution < -0.4 is 0 Å². The van der Waals surface area contributed by atoms with E-state index in [1.807, 2.05) is 0 Å². The third-order valence-corrected chi connectivity index (χ3v) is 7.33. The zero-order valence-corrected chi connectivity index (χ0v) is 13.7. The summed E-state index contributed by atoms with van der Waals surface area (Å²) >= 11 is 0. The van der Waals surface area contributed by atoms with Crippen LogP contribution in [0.25, 0.3) is 0 Å². The van der Waals surface area contributed by atoms with Crippen molar-refractivity contribution in [3.8, 4) is 0 Å². The Morgan fingerprint density at radius 3 is 2.68 bits per heavy atom. The Hall–Kier alpha value is -1.04. The molecule has 0 heteroatoms. The smallest absolute Gasteiger partial charge is 0.00272 e. The summed E-state index contributed by atoms with van der Waals surface area (Å²) < 4.78 is 0. The molecule has 2 bridgehead atoms. The largest absolute Gasteiger partial charge is 0.0850 e. The van der Waals surface area contributed by atoms with Crippen LogP contribution in [0.15, 0.2) is 29.8 Å². The van der Waals surface area contributed by atoms with Crippen LogP contribution in [0.3, 0.4) is 0 Å². The number of allylic oxidation sites excluding steroid dienone is 2. The lowest BCUT2D eigenvalue weighted by Crippen LogP contribution is -2.35. The average molecular weight is 292 g/mol. The van der Waals surface area contributed by atoms with Gasteiger partial charge in [-0.05, 0) is 79.9 Å². The van der Waals surface area contributed by atoms with Crippen LogP contribution in [0.2, 0.25) is 0 Å². The summed E-state index contributed by atoms with van der Waals surface area (Å²) in [4.78, 5) is 0. The van der Waals surface area contributed by atoms with E-state index in [4.69, 9.17) is 0 Å². The lowest BCUT2D eigenvalue weighted by atomic mass is 9.62. The molecule has 0 saturated heterocycles. The summed E-state index contributed by atoms with van der Waals surface area (Å²) in [5, 5.41) is 0. The van der Waals surface area contributed by atoms with Crippen molar-refractivity contribution in [2.45, 2.75) is 82.0 Å². The summed E-state index contributed by atoms with van der Waals surface area (Å²) in [5.74, 6) is 1.79. The molecule has 1 aromatic carbocycles. The highest BCUT2D eigenvalue weighted by molar-refractivity contribution is 5.46. The van der Waals surface area contributed by atoms with Crippen molar-refractivity contribution in [1.29, 1.82) is 0 Å². The first kappa shape index (κ1) is 13.4. The Bertz CT molecular complexity index is 617.